The van der Waals surface area contributed by atoms with Gasteiger partial charge in [-0.3, -0.25) is 4.90 Å². The summed E-state index contributed by atoms with van der Waals surface area (Å²) in [6, 6.07) is 26.1. The van der Waals surface area contributed by atoms with E-state index < -0.39 is 0 Å². The highest BCUT2D eigenvalue weighted by molar-refractivity contribution is 5.37. The maximum Gasteiger partial charge on any atom is 0.0995 e. The summed E-state index contributed by atoms with van der Waals surface area (Å²) >= 11 is 0. The molecule has 148 valence electrons. The summed E-state index contributed by atoms with van der Waals surface area (Å²) in [5, 5.41) is 9.53. The molecule has 0 radical (unpaired) electrons. The standard InChI is InChI=1S/C26H29N3/c27-18-23-12-7-8-13-24(23)20-29(25-14-5-2-6-15-25)21-26-16-9-17-28(26)19-22-10-3-1-4-11-22/h1,3-4,7-13,16-17,25H,2,5-6,14-15,19-21H2. The number of hydrogen-bond acceptors (Lipinski definition) is 2. The van der Waals surface area contributed by atoms with Crippen molar-refractivity contribution in [3.63, 3.8) is 0 Å². The SMILES string of the molecule is N#Cc1ccccc1CN(Cc1cccn1Cc1ccccc1)C1CCCCC1. The Hall–Kier alpha value is -2.83. The van der Waals surface area contributed by atoms with Crippen molar-refractivity contribution >= 4 is 0 Å². The van der Waals surface area contributed by atoms with Crippen molar-refractivity contribution in [2.45, 2.75) is 57.8 Å². The summed E-state index contributed by atoms with van der Waals surface area (Å²) in [6.45, 7) is 2.66. The second kappa shape index (κ2) is 9.58. The van der Waals surface area contributed by atoms with Crippen molar-refractivity contribution in [3.05, 3.63) is 95.3 Å². The summed E-state index contributed by atoms with van der Waals surface area (Å²) in [4.78, 5) is 2.60. The van der Waals surface area contributed by atoms with Crippen LogP contribution < -0.4 is 0 Å². The zero-order valence-corrected chi connectivity index (χ0v) is 17.0. The van der Waals surface area contributed by atoms with Crippen LogP contribution in [0, 0.1) is 11.3 Å². The predicted octanol–water partition coefficient (Wildman–Crippen LogP) is 5.74. The van der Waals surface area contributed by atoms with Gasteiger partial charge in [0.25, 0.3) is 0 Å². The molecule has 2 aromatic carbocycles. The molecule has 1 aliphatic rings. The zero-order chi connectivity index (χ0) is 19.9. The van der Waals surface area contributed by atoms with Gasteiger partial charge in [-0.15, -0.1) is 0 Å². The highest BCUT2D eigenvalue weighted by Crippen LogP contribution is 2.26. The molecule has 0 amide bonds. The molecule has 0 bridgehead atoms. The summed E-state index contributed by atoms with van der Waals surface area (Å²) in [7, 11) is 0. The number of aromatic nitrogens is 1. The number of nitriles is 1. The summed E-state index contributed by atoms with van der Waals surface area (Å²) in [6.07, 6.45) is 8.68. The van der Waals surface area contributed by atoms with Crippen LogP contribution in [0.25, 0.3) is 0 Å². The van der Waals surface area contributed by atoms with E-state index in [-0.39, 0.29) is 0 Å². The van der Waals surface area contributed by atoms with E-state index in [1.54, 1.807) is 0 Å². The number of hydrogen-bond donors (Lipinski definition) is 0. The first-order valence-corrected chi connectivity index (χ1v) is 10.7. The van der Waals surface area contributed by atoms with Gasteiger partial charge in [0.05, 0.1) is 11.6 Å². The van der Waals surface area contributed by atoms with Crippen LogP contribution in [0.1, 0.15) is 54.5 Å². The topological polar surface area (TPSA) is 32.0 Å². The Labute approximate surface area is 174 Å². The molecule has 0 N–H and O–H groups in total. The fraction of sp³-hybridized carbons (Fsp3) is 0.346. The van der Waals surface area contributed by atoms with Gasteiger partial charge in [-0.1, -0.05) is 67.8 Å². The number of nitrogens with zero attached hydrogens (tertiary/aromatic N) is 3. The van der Waals surface area contributed by atoms with Crippen LogP contribution >= 0.6 is 0 Å². The largest absolute Gasteiger partial charge is 0.346 e. The van der Waals surface area contributed by atoms with E-state index >= 15 is 0 Å². The smallest absolute Gasteiger partial charge is 0.0995 e. The van der Waals surface area contributed by atoms with Crippen LogP contribution in [-0.2, 0) is 19.6 Å². The first-order valence-electron chi connectivity index (χ1n) is 10.7. The van der Waals surface area contributed by atoms with Crippen molar-refractivity contribution in [2.24, 2.45) is 0 Å². The van der Waals surface area contributed by atoms with Gasteiger partial charge in [-0.05, 0) is 42.2 Å². The fourth-order valence-corrected chi connectivity index (χ4v) is 4.48. The molecule has 3 aromatic rings. The maximum absolute atomic E-state index is 9.53. The quantitative estimate of drug-likeness (QED) is 0.521. The molecule has 3 nitrogen and oxygen atoms in total. The lowest BCUT2D eigenvalue weighted by molar-refractivity contribution is 0.136. The molecule has 0 saturated heterocycles. The van der Waals surface area contributed by atoms with E-state index in [4.69, 9.17) is 0 Å². The summed E-state index contributed by atoms with van der Waals surface area (Å²) < 4.78 is 2.36. The van der Waals surface area contributed by atoms with Crippen LogP contribution in [0.5, 0.6) is 0 Å². The summed E-state index contributed by atoms with van der Waals surface area (Å²) in [5.41, 5.74) is 4.60. The second-order valence-corrected chi connectivity index (χ2v) is 8.08. The van der Waals surface area contributed by atoms with Gasteiger partial charge >= 0.3 is 0 Å². The molecule has 1 saturated carbocycles. The third kappa shape index (κ3) is 4.96. The molecule has 0 unspecified atom stereocenters. The monoisotopic (exact) mass is 383 g/mol. The maximum atomic E-state index is 9.53. The van der Waals surface area contributed by atoms with Crippen LogP contribution in [0.2, 0.25) is 0 Å². The highest BCUT2D eigenvalue weighted by atomic mass is 15.2. The van der Waals surface area contributed by atoms with E-state index in [1.165, 1.54) is 43.4 Å². The molecule has 0 aliphatic heterocycles. The molecule has 0 spiro atoms. The molecule has 1 aliphatic carbocycles. The predicted molar refractivity (Wildman–Crippen MR) is 117 cm³/mol. The summed E-state index contributed by atoms with van der Waals surface area (Å²) in [5.74, 6) is 0. The number of rotatable bonds is 7. The van der Waals surface area contributed by atoms with Crippen molar-refractivity contribution in [3.8, 4) is 6.07 Å². The minimum atomic E-state index is 0.593. The average Bonchev–Trinajstić information content (AvgIpc) is 3.21. The lowest BCUT2D eigenvalue weighted by Gasteiger charge is -2.35. The normalized spacial score (nSPS) is 14.8. The van der Waals surface area contributed by atoms with Crippen molar-refractivity contribution in [2.75, 3.05) is 0 Å². The van der Waals surface area contributed by atoms with E-state index in [0.717, 1.165) is 30.8 Å². The Balaban J connectivity index is 1.56. The molecule has 4 rings (SSSR count). The first-order chi connectivity index (χ1) is 14.3. The fourth-order valence-electron chi connectivity index (χ4n) is 4.48. The van der Waals surface area contributed by atoms with Gasteiger partial charge in [-0.2, -0.15) is 5.26 Å². The lowest BCUT2D eigenvalue weighted by atomic mass is 9.93. The van der Waals surface area contributed by atoms with Gasteiger partial charge in [-0.25, -0.2) is 0 Å². The Bertz CT molecular complexity index is 945. The minimum absolute atomic E-state index is 0.593. The molecular formula is C26H29N3. The Morgan fingerprint density at radius 3 is 2.41 bits per heavy atom. The van der Waals surface area contributed by atoms with E-state index in [9.17, 15) is 5.26 Å². The first kappa shape index (κ1) is 19.5. The molecular weight excluding hydrogens is 354 g/mol. The average molecular weight is 384 g/mol. The molecule has 1 fully saturated rings. The Kier molecular flexibility index (Phi) is 6.44. The van der Waals surface area contributed by atoms with Crippen molar-refractivity contribution in [1.82, 2.24) is 9.47 Å². The number of benzene rings is 2. The van der Waals surface area contributed by atoms with Gasteiger partial charge in [0.15, 0.2) is 0 Å². The molecule has 1 aromatic heterocycles. The van der Waals surface area contributed by atoms with Gasteiger partial charge in [0.2, 0.25) is 0 Å². The van der Waals surface area contributed by atoms with Gasteiger partial charge in [0, 0.05) is 37.6 Å². The molecule has 0 atom stereocenters. The highest BCUT2D eigenvalue weighted by Gasteiger charge is 2.23. The zero-order valence-electron chi connectivity index (χ0n) is 17.0. The van der Waals surface area contributed by atoms with Crippen molar-refractivity contribution < 1.29 is 0 Å². The van der Waals surface area contributed by atoms with Crippen molar-refractivity contribution in [1.29, 1.82) is 5.26 Å². The van der Waals surface area contributed by atoms with E-state index in [2.05, 4.69) is 70.3 Å². The molecule has 1 heterocycles. The third-order valence-electron chi connectivity index (χ3n) is 6.09. The molecule has 3 heteroatoms. The molecule has 29 heavy (non-hydrogen) atoms. The minimum Gasteiger partial charge on any atom is -0.346 e. The van der Waals surface area contributed by atoms with Crippen LogP contribution in [0.4, 0.5) is 0 Å². The van der Waals surface area contributed by atoms with E-state index in [0.29, 0.717) is 6.04 Å². The van der Waals surface area contributed by atoms with E-state index in [1.807, 2.05) is 18.2 Å². The van der Waals surface area contributed by atoms with Crippen LogP contribution in [0.3, 0.4) is 0 Å². The van der Waals surface area contributed by atoms with Gasteiger partial charge in [0.1, 0.15) is 0 Å². The Morgan fingerprint density at radius 1 is 0.862 bits per heavy atom. The second-order valence-electron chi connectivity index (χ2n) is 8.08. The Morgan fingerprint density at radius 2 is 1.62 bits per heavy atom. The third-order valence-corrected chi connectivity index (χ3v) is 6.09. The van der Waals surface area contributed by atoms with Crippen LogP contribution in [0.15, 0.2) is 72.9 Å². The lowest BCUT2D eigenvalue weighted by Crippen LogP contribution is -2.36. The van der Waals surface area contributed by atoms with Gasteiger partial charge < -0.3 is 4.57 Å². The van der Waals surface area contributed by atoms with Crippen LogP contribution in [-0.4, -0.2) is 15.5 Å².